The molecular formula is C35H40N2O7. The zero-order valence-corrected chi connectivity index (χ0v) is 25.6. The SMILES string of the molecule is CCOc1cc(C2/C(=C(/O)c3ccc4c(c3)OCCO4)C(=O)C(=O)N2CCCN(CC)CC)ccc1OCc1ccccc1. The molecule has 3 aromatic rings. The Kier molecular flexibility index (Phi) is 10.1. The molecule has 2 aliphatic rings. The molecule has 1 fully saturated rings. The van der Waals surface area contributed by atoms with E-state index in [1.807, 2.05) is 43.3 Å². The van der Waals surface area contributed by atoms with Crippen molar-refractivity contribution in [3.63, 3.8) is 0 Å². The second-order valence-corrected chi connectivity index (χ2v) is 10.6. The molecule has 9 heteroatoms. The van der Waals surface area contributed by atoms with Crippen LogP contribution in [-0.2, 0) is 16.2 Å². The fourth-order valence-corrected chi connectivity index (χ4v) is 5.63. The van der Waals surface area contributed by atoms with Crippen LogP contribution in [0.1, 0.15) is 49.9 Å². The van der Waals surface area contributed by atoms with Gasteiger partial charge in [0.1, 0.15) is 25.6 Å². The minimum Gasteiger partial charge on any atom is -0.507 e. The average Bonchev–Trinajstić information content (AvgIpc) is 3.31. The van der Waals surface area contributed by atoms with Crippen LogP contribution in [0.2, 0.25) is 0 Å². The van der Waals surface area contributed by atoms with Crippen LogP contribution in [0.5, 0.6) is 23.0 Å². The Morgan fingerprint density at radius 2 is 1.66 bits per heavy atom. The summed E-state index contributed by atoms with van der Waals surface area (Å²) in [5.41, 5.74) is 2.05. The van der Waals surface area contributed by atoms with Crippen molar-refractivity contribution >= 4 is 17.4 Å². The molecule has 0 saturated carbocycles. The first kappa shape index (κ1) is 30.9. The van der Waals surface area contributed by atoms with Gasteiger partial charge in [-0.25, -0.2) is 0 Å². The molecule has 1 N–H and O–H groups in total. The van der Waals surface area contributed by atoms with Crippen molar-refractivity contribution in [2.24, 2.45) is 0 Å². The molecule has 9 nitrogen and oxygen atoms in total. The third-order valence-electron chi connectivity index (χ3n) is 7.94. The normalized spacial score (nSPS) is 17.3. The second kappa shape index (κ2) is 14.3. The number of likely N-dealkylation sites (tertiary alicyclic amines) is 1. The number of benzene rings is 3. The van der Waals surface area contributed by atoms with Crippen LogP contribution < -0.4 is 18.9 Å². The van der Waals surface area contributed by atoms with E-state index in [0.717, 1.165) is 25.2 Å². The maximum absolute atomic E-state index is 13.6. The van der Waals surface area contributed by atoms with Crippen molar-refractivity contribution < 1.29 is 33.6 Å². The van der Waals surface area contributed by atoms with Gasteiger partial charge in [-0.2, -0.15) is 0 Å². The summed E-state index contributed by atoms with van der Waals surface area (Å²) in [5.74, 6) is 0.443. The summed E-state index contributed by atoms with van der Waals surface area (Å²) < 4.78 is 23.4. The Morgan fingerprint density at radius 1 is 0.909 bits per heavy atom. The number of rotatable bonds is 13. The maximum atomic E-state index is 13.6. The van der Waals surface area contributed by atoms with Gasteiger partial charge in [-0.3, -0.25) is 9.59 Å². The number of aliphatic hydroxyl groups is 1. The molecule has 3 aromatic carbocycles. The Labute approximate surface area is 258 Å². The number of Topliss-reactive ketones (excluding diaryl/α,β-unsaturated/α-hetero) is 1. The van der Waals surface area contributed by atoms with E-state index in [0.29, 0.717) is 73.5 Å². The van der Waals surface area contributed by atoms with E-state index >= 15 is 0 Å². The van der Waals surface area contributed by atoms with Crippen LogP contribution >= 0.6 is 0 Å². The third kappa shape index (κ3) is 6.68. The number of nitrogens with zero attached hydrogens (tertiary/aromatic N) is 2. The molecule has 5 rings (SSSR count). The van der Waals surface area contributed by atoms with E-state index in [4.69, 9.17) is 18.9 Å². The van der Waals surface area contributed by atoms with Gasteiger partial charge in [0.15, 0.2) is 23.0 Å². The number of hydrogen-bond donors (Lipinski definition) is 1. The molecule has 0 aliphatic carbocycles. The number of hydrogen-bond acceptors (Lipinski definition) is 8. The quantitative estimate of drug-likeness (QED) is 0.154. The topological polar surface area (TPSA) is 97.8 Å². The maximum Gasteiger partial charge on any atom is 0.295 e. The van der Waals surface area contributed by atoms with E-state index in [2.05, 4.69) is 18.7 Å². The predicted octanol–water partition coefficient (Wildman–Crippen LogP) is 5.59. The van der Waals surface area contributed by atoms with Crippen molar-refractivity contribution in [3.05, 3.63) is 89.0 Å². The van der Waals surface area contributed by atoms with E-state index in [1.54, 1.807) is 35.2 Å². The first-order valence-electron chi connectivity index (χ1n) is 15.3. The van der Waals surface area contributed by atoms with E-state index in [-0.39, 0.29) is 11.3 Å². The summed E-state index contributed by atoms with van der Waals surface area (Å²) in [5, 5.41) is 11.6. The number of ether oxygens (including phenoxy) is 4. The van der Waals surface area contributed by atoms with Crippen LogP contribution in [0.25, 0.3) is 5.76 Å². The number of amides is 1. The highest BCUT2D eigenvalue weighted by Crippen LogP contribution is 2.43. The summed E-state index contributed by atoms with van der Waals surface area (Å²) in [6.45, 7) is 10.6. The highest BCUT2D eigenvalue weighted by atomic mass is 16.6. The first-order chi connectivity index (χ1) is 21.4. The molecular weight excluding hydrogens is 560 g/mol. The van der Waals surface area contributed by atoms with Crippen molar-refractivity contribution in [2.75, 3.05) is 46.0 Å². The van der Waals surface area contributed by atoms with Crippen molar-refractivity contribution in [1.29, 1.82) is 0 Å². The molecule has 2 aliphatic heterocycles. The van der Waals surface area contributed by atoms with E-state index in [1.165, 1.54) is 0 Å². The summed E-state index contributed by atoms with van der Waals surface area (Å²) in [6, 6.07) is 19.4. The Morgan fingerprint density at radius 3 is 2.39 bits per heavy atom. The van der Waals surface area contributed by atoms with E-state index < -0.39 is 17.7 Å². The summed E-state index contributed by atoms with van der Waals surface area (Å²) in [6.07, 6.45) is 0.672. The van der Waals surface area contributed by atoms with Crippen molar-refractivity contribution in [1.82, 2.24) is 9.80 Å². The number of aliphatic hydroxyl groups excluding tert-OH is 1. The van der Waals surface area contributed by atoms with Gasteiger partial charge in [0.2, 0.25) is 0 Å². The van der Waals surface area contributed by atoms with Crippen LogP contribution in [-0.4, -0.2) is 72.6 Å². The van der Waals surface area contributed by atoms with Gasteiger partial charge in [-0.15, -0.1) is 0 Å². The molecule has 1 saturated heterocycles. The standard InChI is InChI=1S/C35H40N2O7/c1-4-36(5-2)17-10-18-37-32(25-13-15-28(29(21-25)41-6-3)44-23-24-11-8-7-9-12-24)31(34(39)35(37)40)33(38)26-14-16-27-30(22-26)43-20-19-42-27/h7-9,11-16,21-22,32,38H,4-6,10,17-20,23H2,1-3H3/b33-31-. The largest absolute Gasteiger partial charge is 0.507 e. The van der Waals surface area contributed by atoms with Gasteiger partial charge < -0.3 is 33.9 Å². The number of fused-ring (bicyclic) bond motifs is 1. The molecule has 1 atom stereocenters. The molecule has 2 heterocycles. The van der Waals surface area contributed by atoms with Crippen molar-refractivity contribution in [2.45, 2.75) is 39.8 Å². The van der Waals surface area contributed by atoms with Gasteiger partial charge >= 0.3 is 0 Å². The zero-order valence-electron chi connectivity index (χ0n) is 25.6. The van der Waals surface area contributed by atoms with Crippen LogP contribution in [0, 0.1) is 0 Å². The number of carbonyl (C=O) groups is 2. The molecule has 0 spiro atoms. The van der Waals surface area contributed by atoms with Gasteiger partial charge in [0.25, 0.3) is 11.7 Å². The molecule has 0 radical (unpaired) electrons. The molecule has 232 valence electrons. The minimum absolute atomic E-state index is 0.0231. The Bertz CT molecular complexity index is 1500. The molecule has 0 bridgehead atoms. The Hall–Kier alpha value is -4.50. The monoisotopic (exact) mass is 600 g/mol. The minimum atomic E-state index is -0.817. The van der Waals surface area contributed by atoms with Crippen LogP contribution in [0.4, 0.5) is 0 Å². The molecule has 1 unspecified atom stereocenters. The van der Waals surface area contributed by atoms with Gasteiger partial charge in [-0.1, -0.05) is 50.2 Å². The average molecular weight is 601 g/mol. The number of ketones is 1. The molecule has 44 heavy (non-hydrogen) atoms. The number of carbonyl (C=O) groups excluding carboxylic acids is 2. The first-order valence-corrected chi connectivity index (χ1v) is 15.3. The summed E-state index contributed by atoms with van der Waals surface area (Å²) in [7, 11) is 0. The van der Waals surface area contributed by atoms with Gasteiger partial charge in [0.05, 0.1) is 18.2 Å². The third-order valence-corrected chi connectivity index (χ3v) is 7.94. The summed E-state index contributed by atoms with van der Waals surface area (Å²) in [4.78, 5) is 31.0. The second-order valence-electron chi connectivity index (χ2n) is 10.6. The predicted molar refractivity (Wildman–Crippen MR) is 167 cm³/mol. The van der Waals surface area contributed by atoms with Crippen LogP contribution in [0.15, 0.2) is 72.3 Å². The van der Waals surface area contributed by atoms with Gasteiger partial charge in [0, 0.05) is 12.1 Å². The lowest BCUT2D eigenvalue weighted by atomic mass is 9.94. The lowest BCUT2D eigenvalue weighted by molar-refractivity contribution is -0.140. The van der Waals surface area contributed by atoms with Crippen LogP contribution in [0.3, 0.4) is 0 Å². The lowest BCUT2D eigenvalue weighted by Crippen LogP contribution is -2.33. The fourth-order valence-electron chi connectivity index (χ4n) is 5.63. The lowest BCUT2D eigenvalue weighted by Gasteiger charge is -2.27. The van der Waals surface area contributed by atoms with E-state index in [9.17, 15) is 14.7 Å². The van der Waals surface area contributed by atoms with Gasteiger partial charge in [-0.05, 0) is 74.4 Å². The highest BCUT2D eigenvalue weighted by molar-refractivity contribution is 6.46. The smallest absolute Gasteiger partial charge is 0.295 e. The highest BCUT2D eigenvalue weighted by Gasteiger charge is 2.46. The summed E-state index contributed by atoms with van der Waals surface area (Å²) >= 11 is 0. The van der Waals surface area contributed by atoms with Crippen molar-refractivity contribution in [3.8, 4) is 23.0 Å². The molecule has 1 amide bonds. The Balaban J connectivity index is 1.53. The zero-order chi connectivity index (χ0) is 31.1. The molecule has 0 aromatic heterocycles. The fraction of sp³-hybridized carbons (Fsp3) is 0.371.